The van der Waals surface area contributed by atoms with Gasteiger partial charge in [0.25, 0.3) is 0 Å². The maximum Gasteiger partial charge on any atom is 0.178 e. The first-order chi connectivity index (χ1) is 13.2. The molecule has 5 nitrogen and oxygen atoms in total. The molecule has 134 valence electrons. The molecule has 0 fully saturated rings. The lowest BCUT2D eigenvalue weighted by atomic mass is 10.0. The zero-order chi connectivity index (χ0) is 18.6. The van der Waals surface area contributed by atoms with Crippen LogP contribution < -0.4 is 4.74 Å². The number of nitrogens with zero attached hydrogens (tertiary/aromatic N) is 2. The van der Waals surface area contributed by atoms with Gasteiger partial charge in [-0.2, -0.15) is 5.10 Å². The average Bonchev–Trinajstić information content (AvgIpc) is 3.41. The lowest BCUT2D eigenvalue weighted by Crippen LogP contribution is -2.02. The highest BCUT2D eigenvalue weighted by atomic mass is 32.1. The Labute approximate surface area is 160 Å². The monoisotopic (exact) mass is 375 g/mol. The summed E-state index contributed by atoms with van der Waals surface area (Å²) >= 11 is 1.36. The Kier molecular flexibility index (Phi) is 4.80. The van der Waals surface area contributed by atoms with Gasteiger partial charge in [-0.05, 0) is 23.8 Å². The summed E-state index contributed by atoms with van der Waals surface area (Å²) in [5, 5.41) is 7.50. The molecule has 0 unspecified atom stereocenters. The van der Waals surface area contributed by atoms with Crippen molar-refractivity contribution in [2.24, 2.45) is 0 Å². The van der Waals surface area contributed by atoms with Crippen molar-refractivity contribution in [3.05, 3.63) is 76.7 Å². The number of Topliss-reactive ketones (excluding diaryl/α,β-unsaturated/α-hetero) is 1. The number of benzene rings is 2. The number of methoxy groups -OCH3 is 1. The van der Waals surface area contributed by atoms with E-state index >= 15 is 0 Å². The summed E-state index contributed by atoms with van der Waals surface area (Å²) in [7, 11) is 1.63. The first-order valence-corrected chi connectivity index (χ1v) is 9.32. The zero-order valence-electron chi connectivity index (χ0n) is 14.7. The number of carbonyl (C=O) groups is 1. The van der Waals surface area contributed by atoms with Crippen LogP contribution in [0.25, 0.3) is 22.5 Å². The Balaban J connectivity index is 1.65. The lowest BCUT2D eigenvalue weighted by Gasteiger charge is -2.09. The van der Waals surface area contributed by atoms with Crippen molar-refractivity contribution in [2.45, 2.75) is 6.42 Å². The average molecular weight is 375 g/mol. The van der Waals surface area contributed by atoms with Crippen molar-refractivity contribution in [3.63, 3.8) is 0 Å². The summed E-state index contributed by atoms with van der Waals surface area (Å²) in [5.41, 5.74) is 6.21. The molecule has 0 aliphatic rings. The van der Waals surface area contributed by atoms with Gasteiger partial charge >= 0.3 is 0 Å². The minimum absolute atomic E-state index is 0.0585. The van der Waals surface area contributed by atoms with Crippen LogP contribution in [0.1, 0.15) is 15.2 Å². The fourth-order valence-electron chi connectivity index (χ4n) is 2.92. The van der Waals surface area contributed by atoms with E-state index in [1.165, 1.54) is 11.3 Å². The number of nitrogens with one attached hydrogen (secondary N) is 1. The number of ether oxygens (including phenoxy) is 1. The van der Waals surface area contributed by atoms with E-state index in [2.05, 4.69) is 15.2 Å². The zero-order valence-corrected chi connectivity index (χ0v) is 15.5. The summed E-state index contributed by atoms with van der Waals surface area (Å²) in [5.74, 6) is 0.787. The topological polar surface area (TPSA) is 67.9 Å². The third-order valence-corrected chi connectivity index (χ3v) is 5.09. The van der Waals surface area contributed by atoms with Gasteiger partial charge in [-0.15, -0.1) is 11.3 Å². The van der Waals surface area contributed by atoms with E-state index in [1.807, 2.05) is 54.6 Å². The summed E-state index contributed by atoms with van der Waals surface area (Å²) in [4.78, 5) is 17.0. The standard InChI is InChI=1S/C21H17N3O2S/c1-26-20-8-7-14(10-19(25)21-12-22-13-27-21)9-16(20)18-11-17(23-24-18)15-5-3-2-4-6-15/h2-9,11-13H,10H2,1H3,(H,23,24). The number of hydrogen-bond donors (Lipinski definition) is 1. The van der Waals surface area contributed by atoms with Crippen LogP contribution in [0.3, 0.4) is 0 Å². The first-order valence-electron chi connectivity index (χ1n) is 8.44. The Morgan fingerprint density at radius 1 is 1.15 bits per heavy atom. The molecule has 4 rings (SSSR count). The number of thiazole rings is 1. The summed E-state index contributed by atoms with van der Waals surface area (Å²) in [6.45, 7) is 0. The normalized spacial score (nSPS) is 10.7. The molecule has 2 aromatic carbocycles. The SMILES string of the molecule is COc1ccc(CC(=O)c2cncs2)cc1-c1cc(-c2ccccc2)n[nH]1. The second-order valence-electron chi connectivity index (χ2n) is 6.03. The number of aromatic amines is 1. The number of rotatable bonds is 6. The van der Waals surface area contributed by atoms with Crippen molar-refractivity contribution in [1.29, 1.82) is 0 Å². The minimum atomic E-state index is 0.0585. The van der Waals surface area contributed by atoms with Gasteiger partial charge in [-0.3, -0.25) is 14.9 Å². The van der Waals surface area contributed by atoms with Crippen molar-refractivity contribution in [2.75, 3.05) is 7.11 Å². The van der Waals surface area contributed by atoms with E-state index in [0.29, 0.717) is 11.3 Å². The maximum atomic E-state index is 12.4. The minimum Gasteiger partial charge on any atom is -0.496 e. The second-order valence-corrected chi connectivity index (χ2v) is 6.92. The summed E-state index contributed by atoms with van der Waals surface area (Å²) < 4.78 is 5.51. The van der Waals surface area contributed by atoms with Gasteiger partial charge in [-0.25, -0.2) is 0 Å². The van der Waals surface area contributed by atoms with E-state index in [9.17, 15) is 4.79 Å². The molecular formula is C21H17N3O2S. The molecule has 2 heterocycles. The van der Waals surface area contributed by atoms with Crippen LogP contribution in [0, 0.1) is 0 Å². The predicted molar refractivity (Wildman–Crippen MR) is 106 cm³/mol. The van der Waals surface area contributed by atoms with Crippen LogP contribution in [-0.2, 0) is 6.42 Å². The molecule has 0 bridgehead atoms. The predicted octanol–water partition coefficient (Wildman–Crippen LogP) is 4.63. The highest BCUT2D eigenvalue weighted by Crippen LogP contribution is 2.32. The lowest BCUT2D eigenvalue weighted by molar-refractivity contribution is 0.0996. The number of hydrogen-bond acceptors (Lipinski definition) is 5. The van der Waals surface area contributed by atoms with Crippen molar-refractivity contribution >= 4 is 17.1 Å². The molecule has 0 spiro atoms. The van der Waals surface area contributed by atoms with Gasteiger partial charge in [0.05, 0.1) is 28.9 Å². The van der Waals surface area contributed by atoms with E-state index in [0.717, 1.165) is 33.8 Å². The molecule has 0 amide bonds. The van der Waals surface area contributed by atoms with Crippen molar-refractivity contribution in [1.82, 2.24) is 15.2 Å². The fourth-order valence-corrected chi connectivity index (χ4v) is 3.48. The van der Waals surface area contributed by atoms with E-state index in [-0.39, 0.29) is 5.78 Å². The van der Waals surface area contributed by atoms with Gasteiger partial charge in [0.1, 0.15) is 5.75 Å². The van der Waals surface area contributed by atoms with Gasteiger partial charge < -0.3 is 4.74 Å². The highest BCUT2D eigenvalue weighted by Gasteiger charge is 2.14. The molecule has 2 aromatic heterocycles. The number of aromatic nitrogens is 3. The van der Waals surface area contributed by atoms with E-state index in [4.69, 9.17) is 4.74 Å². The second kappa shape index (κ2) is 7.55. The molecule has 4 aromatic rings. The molecule has 6 heteroatoms. The van der Waals surface area contributed by atoms with Gasteiger partial charge in [0.2, 0.25) is 0 Å². The van der Waals surface area contributed by atoms with Gasteiger partial charge in [0, 0.05) is 23.7 Å². The van der Waals surface area contributed by atoms with Gasteiger partial charge in [0.15, 0.2) is 5.78 Å². The molecule has 1 N–H and O–H groups in total. The Morgan fingerprint density at radius 2 is 2.00 bits per heavy atom. The number of ketones is 1. The Hall–Kier alpha value is -3.25. The highest BCUT2D eigenvalue weighted by molar-refractivity contribution is 7.11. The third-order valence-electron chi connectivity index (χ3n) is 4.27. The first kappa shape index (κ1) is 17.2. The quantitative estimate of drug-likeness (QED) is 0.499. The van der Waals surface area contributed by atoms with Crippen LogP contribution in [0.2, 0.25) is 0 Å². The van der Waals surface area contributed by atoms with Crippen LogP contribution >= 0.6 is 11.3 Å². The van der Waals surface area contributed by atoms with E-state index in [1.54, 1.807) is 18.8 Å². The van der Waals surface area contributed by atoms with Gasteiger partial charge in [-0.1, -0.05) is 36.4 Å². The van der Waals surface area contributed by atoms with Crippen molar-refractivity contribution < 1.29 is 9.53 Å². The Bertz CT molecular complexity index is 1060. The smallest absolute Gasteiger partial charge is 0.178 e. The maximum absolute atomic E-state index is 12.4. The molecule has 27 heavy (non-hydrogen) atoms. The number of carbonyl (C=O) groups excluding carboxylic acids is 1. The van der Waals surface area contributed by atoms with Crippen LogP contribution in [0.4, 0.5) is 0 Å². The third kappa shape index (κ3) is 3.66. The molecule has 0 aliphatic heterocycles. The molecular weight excluding hydrogens is 358 g/mol. The largest absolute Gasteiger partial charge is 0.496 e. The molecule has 0 saturated carbocycles. The fraction of sp³-hybridized carbons (Fsp3) is 0.0952. The molecule has 0 aliphatic carbocycles. The summed E-state index contributed by atoms with van der Waals surface area (Å²) in [6.07, 6.45) is 1.93. The summed E-state index contributed by atoms with van der Waals surface area (Å²) in [6, 6.07) is 17.7. The Morgan fingerprint density at radius 3 is 2.74 bits per heavy atom. The van der Waals surface area contributed by atoms with Crippen LogP contribution in [-0.4, -0.2) is 28.1 Å². The van der Waals surface area contributed by atoms with Crippen LogP contribution in [0.5, 0.6) is 5.75 Å². The molecule has 0 radical (unpaired) electrons. The molecule has 0 saturated heterocycles. The van der Waals surface area contributed by atoms with Crippen LogP contribution in [0.15, 0.2) is 66.3 Å². The van der Waals surface area contributed by atoms with E-state index < -0.39 is 0 Å². The molecule has 0 atom stereocenters. The number of H-pyrrole nitrogens is 1. The van der Waals surface area contributed by atoms with Crippen molar-refractivity contribution in [3.8, 4) is 28.3 Å².